The van der Waals surface area contributed by atoms with Crippen molar-refractivity contribution in [3.63, 3.8) is 0 Å². The number of unbranched alkanes of at least 4 members (excludes halogenated alkanes) is 1. The van der Waals surface area contributed by atoms with Crippen LogP contribution < -0.4 is 0 Å². The van der Waals surface area contributed by atoms with Crippen molar-refractivity contribution in [1.82, 2.24) is 4.90 Å². The molecule has 16 heavy (non-hydrogen) atoms. The van der Waals surface area contributed by atoms with Crippen molar-refractivity contribution in [3.8, 4) is 6.07 Å². The predicted molar refractivity (Wildman–Crippen MR) is 63.9 cm³/mol. The summed E-state index contributed by atoms with van der Waals surface area (Å²) in [6, 6.07) is 2.32. The fraction of sp³-hybridized carbons (Fsp3) is 0.846. The van der Waals surface area contributed by atoms with Gasteiger partial charge in [0.15, 0.2) is 0 Å². The van der Waals surface area contributed by atoms with Crippen LogP contribution in [0, 0.1) is 16.7 Å². The second kappa shape index (κ2) is 6.00. The lowest BCUT2D eigenvalue weighted by atomic mass is 9.89. The van der Waals surface area contributed by atoms with Crippen LogP contribution in [-0.4, -0.2) is 30.3 Å². The predicted octanol–water partition coefficient (Wildman–Crippen LogP) is 2.37. The van der Waals surface area contributed by atoms with E-state index in [9.17, 15) is 4.79 Å². The first kappa shape index (κ1) is 13.2. The van der Waals surface area contributed by atoms with Crippen molar-refractivity contribution in [3.05, 3.63) is 0 Å². The zero-order valence-electron chi connectivity index (χ0n) is 10.5. The first-order valence-corrected chi connectivity index (χ1v) is 6.19. The van der Waals surface area contributed by atoms with E-state index >= 15 is 0 Å². The molecule has 1 rings (SSSR count). The standard InChI is InChI=1S/C13H22N2O/c1-13(2,11-14)7-3-4-8-15-9-5-6-12(16)10-15/h3-10H2,1-2H3. The zero-order valence-corrected chi connectivity index (χ0v) is 10.5. The monoisotopic (exact) mass is 222 g/mol. The summed E-state index contributed by atoms with van der Waals surface area (Å²) in [5.41, 5.74) is -0.197. The van der Waals surface area contributed by atoms with E-state index in [0.717, 1.165) is 45.2 Å². The van der Waals surface area contributed by atoms with E-state index in [-0.39, 0.29) is 5.41 Å². The van der Waals surface area contributed by atoms with Crippen molar-refractivity contribution >= 4 is 5.78 Å². The normalized spacial score (nSPS) is 18.4. The van der Waals surface area contributed by atoms with Gasteiger partial charge in [-0.05, 0) is 46.2 Å². The van der Waals surface area contributed by atoms with Crippen LogP contribution in [0.2, 0.25) is 0 Å². The number of hydrogen-bond acceptors (Lipinski definition) is 3. The van der Waals surface area contributed by atoms with Crippen LogP contribution in [0.3, 0.4) is 0 Å². The number of carbonyl (C=O) groups excluding carboxylic acids is 1. The summed E-state index contributed by atoms with van der Waals surface area (Å²) in [6.07, 6.45) is 4.90. The average Bonchev–Trinajstić information content (AvgIpc) is 2.25. The molecule has 1 aliphatic heterocycles. The third-order valence-corrected chi connectivity index (χ3v) is 3.16. The second-order valence-electron chi connectivity index (χ2n) is 5.37. The highest BCUT2D eigenvalue weighted by molar-refractivity contribution is 5.81. The van der Waals surface area contributed by atoms with Crippen molar-refractivity contribution in [2.24, 2.45) is 5.41 Å². The molecule has 0 N–H and O–H groups in total. The molecule has 0 aromatic carbocycles. The molecule has 0 saturated carbocycles. The fourth-order valence-corrected chi connectivity index (χ4v) is 2.06. The van der Waals surface area contributed by atoms with Gasteiger partial charge in [0, 0.05) is 6.42 Å². The SMILES string of the molecule is CC(C)(C#N)CCCCN1CCCC(=O)C1. The summed E-state index contributed by atoms with van der Waals surface area (Å²) in [4.78, 5) is 13.5. The van der Waals surface area contributed by atoms with E-state index in [0.29, 0.717) is 12.3 Å². The van der Waals surface area contributed by atoms with Crippen LogP contribution >= 0.6 is 0 Å². The van der Waals surface area contributed by atoms with Gasteiger partial charge in [0.2, 0.25) is 0 Å². The van der Waals surface area contributed by atoms with Gasteiger partial charge in [-0.3, -0.25) is 9.69 Å². The highest BCUT2D eigenvalue weighted by Crippen LogP contribution is 2.21. The number of carbonyl (C=O) groups is 1. The maximum Gasteiger partial charge on any atom is 0.146 e. The molecular formula is C13H22N2O. The Morgan fingerprint density at radius 2 is 2.19 bits per heavy atom. The number of piperidine rings is 1. The first-order chi connectivity index (χ1) is 7.53. The van der Waals surface area contributed by atoms with Crippen LogP contribution in [0.4, 0.5) is 0 Å². The van der Waals surface area contributed by atoms with E-state index in [2.05, 4.69) is 11.0 Å². The summed E-state index contributed by atoms with van der Waals surface area (Å²) in [7, 11) is 0. The topological polar surface area (TPSA) is 44.1 Å². The molecule has 0 aromatic heterocycles. The Hall–Kier alpha value is -0.880. The Morgan fingerprint density at radius 1 is 1.44 bits per heavy atom. The third-order valence-electron chi connectivity index (χ3n) is 3.16. The van der Waals surface area contributed by atoms with Crippen LogP contribution in [0.15, 0.2) is 0 Å². The van der Waals surface area contributed by atoms with Crippen LogP contribution in [-0.2, 0) is 4.79 Å². The van der Waals surface area contributed by atoms with E-state index in [4.69, 9.17) is 5.26 Å². The maximum atomic E-state index is 11.2. The quantitative estimate of drug-likeness (QED) is 0.671. The molecule has 0 atom stereocenters. The van der Waals surface area contributed by atoms with E-state index in [1.54, 1.807) is 0 Å². The zero-order chi connectivity index (χ0) is 12.0. The molecule has 0 aliphatic carbocycles. The highest BCUT2D eigenvalue weighted by atomic mass is 16.1. The molecular weight excluding hydrogens is 200 g/mol. The molecule has 0 spiro atoms. The fourth-order valence-electron chi connectivity index (χ4n) is 2.06. The number of Topliss-reactive ketones (excluding diaryl/α,β-unsaturated/α-hetero) is 1. The molecule has 1 fully saturated rings. The molecule has 0 radical (unpaired) electrons. The number of nitriles is 1. The molecule has 0 amide bonds. The molecule has 1 aliphatic rings. The van der Waals surface area contributed by atoms with E-state index in [1.807, 2.05) is 13.8 Å². The average molecular weight is 222 g/mol. The van der Waals surface area contributed by atoms with E-state index < -0.39 is 0 Å². The summed E-state index contributed by atoms with van der Waals surface area (Å²) in [5, 5.41) is 8.87. The van der Waals surface area contributed by atoms with Crippen molar-refractivity contribution < 1.29 is 4.79 Å². The number of likely N-dealkylation sites (tertiary alicyclic amines) is 1. The minimum absolute atomic E-state index is 0.197. The molecule has 0 bridgehead atoms. The number of ketones is 1. The molecule has 3 heteroatoms. The molecule has 0 unspecified atom stereocenters. The van der Waals surface area contributed by atoms with Gasteiger partial charge in [-0.25, -0.2) is 0 Å². The Balaban J connectivity index is 2.12. The van der Waals surface area contributed by atoms with Gasteiger partial charge >= 0.3 is 0 Å². The second-order valence-corrected chi connectivity index (χ2v) is 5.37. The molecule has 90 valence electrons. The van der Waals surface area contributed by atoms with Crippen molar-refractivity contribution in [2.75, 3.05) is 19.6 Å². The van der Waals surface area contributed by atoms with Gasteiger partial charge in [-0.2, -0.15) is 5.26 Å². The van der Waals surface area contributed by atoms with E-state index in [1.165, 1.54) is 0 Å². The third kappa shape index (κ3) is 4.76. The minimum Gasteiger partial charge on any atom is -0.298 e. The van der Waals surface area contributed by atoms with Gasteiger partial charge < -0.3 is 0 Å². The van der Waals surface area contributed by atoms with Gasteiger partial charge in [-0.1, -0.05) is 6.42 Å². The van der Waals surface area contributed by atoms with Crippen molar-refractivity contribution in [1.29, 1.82) is 5.26 Å². The Bertz CT molecular complexity index is 278. The lowest BCUT2D eigenvalue weighted by Gasteiger charge is -2.25. The molecule has 1 saturated heterocycles. The van der Waals surface area contributed by atoms with Gasteiger partial charge in [0.25, 0.3) is 0 Å². The maximum absolute atomic E-state index is 11.2. The largest absolute Gasteiger partial charge is 0.298 e. The summed E-state index contributed by atoms with van der Waals surface area (Å²) in [5.74, 6) is 0.378. The summed E-state index contributed by atoms with van der Waals surface area (Å²) in [6.45, 7) is 6.68. The first-order valence-electron chi connectivity index (χ1n) is 6.19. The highest BCUT2D eigenvalue weighted by Gasteiger charge is 2.18. The smallest absolute Gasteiger partial charge is 0.146 e. The van der Waals surface area contributed by atoms with Gasteiger partial charge in [0.1, 0.15) is 5.78 Å². The van der Waals surface area contributed by atoms with Gasteiger partial charge in [-0.15, -0.1) is 0 Å². The number of hydrogen-bond donors (Lipinski definition) is 0. The van der Waals surface area contributed by atoms with Crippen LogP contribution in [0.25, 0.3) is 0 Å². The lowest BCUT2D eigenvalue weighted by molar-refractivity contribution is -0.122. The Morgan fingerprint density at radius 3 is 2.81 bits per heavy atom. The Labute approximate surface area is 98.4 Å². The number of rotatable bonds is 5. The van der Waals surface area contributed by atoms with Crippen LogP contribution in [0.1, 0.15) is 46.0 Å². The Kier molecular flexibility index (Phi) is 4.95. The van der Waals surface area contributed by atoms with Crippen molar-refractivity contribution in [2.45, 2.75) is 46.0 Å². The summed E-state index contributed by atoms with van der Waals surface area (Å²) >= 11 is 0. The molecule has 3 nitrogen and oxygen atoms in total. The summed E-state index contributed by atoms with van der Waals surface area (Å²) < 4.78 is 0. The number of nitrogens with zero attached hydrogens (tertiary/aromatic N) is 2. The minimum atomic E-state index is -0.197. The van der Waals surface area contributed by atoms with Gasteiger partial charge in [0.05, 0.1) is 18.0 Å². The molecule has 0 aromatic rings. The van der Waals surface area contributed by atoms with Crippen LogP contribution in [0.5, 0.6) is 0 Å². The lowest BCUT2D eigenvalue weighted by Crippen LogP contribution is -2.36. The molecule has 1 heterocycles.